The molecule has 2 nitrogen and oxygen atoms in total. The number of carbonyl (C=O) groups excluding carboxylic acids is 1. The van der Waals surface area contributed by atoms with Crippen molar-refractivity contribution in [2.75, 3.05) is 5.75 Å². The molecule has 1 saturated carbocycles. The third-order valence-corrected chi connectivity index (χ3v) is 5.14. The molecule has 18 heavy (non-hydrogen) atoms. The molecule has 0 radical (unpaired) electrons. The first kappa shape index (κ1) is 12.1. The third-order valence-electron chi connectivity index (χ3n) is 4.01. The molecule has 0 spiro atoms. The lowest BCUT2D eigenvalue weighted by atomic mass is 9.81. The van der Waals surface area contributed by atoms with Crippen LogP contribution in [-0.2, 0) is 9.53 Å². The fraction of sp³-hybridized carbons (Fsp3) is 0.533. The molecule has 1 aliphatic heterocycles. The van der Waals surface area contributed by atoms with Crippen LogP contribution in [0.5, 0.6) is 0 Å². The Balaban J connectivity index is 1.63. The van der Waals surface area contributed by atoms with Crippen molar-refractivity contribution in [2.45, 2.75) is 36.7 Å². The highest BCUT2D eigenvalue weighted by Crippen LogP contribution is 2.40. The van der Waals surface area contributed by atoms with Crippen molar-refractivity contribution in [2.24, 2.45) is 11.8 Å². The summed E-state index contributed by atoms with van der Waals surface area (Å²) in [5.41, 5.74) is 0. The van der Waals surface area contributed by atoms with Crippen LogP contribution in [0.1, 0.15) is 25.7 Å². The zero-order valence-corrected chi connectivity index (χ0v) is 11.2. The summed E-state index contributed by atoms with van der Waals surface area (Å²) in [6.45, 7) is 0. The number of esters is 1. The van der Waals surface area contributed by atoms with Crippen molar-refractivity contribution in [3.63, 3.8) is 0 Å². The van der Waals surface area contributed by atoms with Crippen LogP contribution < -0.4 is 0 Å². The van der Waals surface area contributed by atoms with Crippen molar-refractivity contribution in [1.29, 1.82) is 0 Å². The van der Waals surface area contributed by atoms with Crippen LogP contribution in [-0.4, -0.2) is 17.8 Å². The fourth-order valence-electron chi connectivity index (χ4n) is 3.04. The van der Waals surface area contributed by atoms with Crippen molar-refractivity contribution in [3.8, 4) is 0 Å². The van der Waals surface area contributed by atoms with Crippen LogP contribution in [0.4, 0.5) is 0 Å². The molecule has 3 atom stereocenters. The van der Waals surface area contributed by atoms with Gasteiger partial charge in [-0.15, -0.1) is 11.8 Å². The van der Waals surface area contributed by atoms with E-state index in [1.54, 1.807) is 11.8 Å². The lowest BCUT2D eigenvalue weighted by Crippen LogP contribution is -2.25. The van der Waals surface area contributed by atoms with Gasteiger partial charge < -0.3 is 4.74 Å². The molecule has 3 rings (SSSR count). The molecule has 2 aliphatic rings. The summed E-state index contributed by atoms with van der Waals surface area (Å²) in [7, 11) is 0. The van der Waals surface area contributed by atoms with Gasteiger partial charge in [0.05, 0.1) is 5.92 Å². The fourth-order valence-corrected chi connectivity index (χ4v) is 4.14. The zero-order chi connectivity index (χ0) is 12.4. The van der Waals surface area contributed by atoms with Crippen molar-refractivity contribution in [3.05, 3.63) is 30.3 Å². The van der Waals surface area contributed by atoms with E-state index >= 15 is 0 Å². The van der Waals surface area contributed by atoms with Crippen molar-refractivity contribution in [1.82, 2.24) is 0 Å². The Labute approximate surface area is 112 Å². The molecule has 3 heteroatoms. The van der Waals surface area contributed by atoms with Crippen LogP contribution >= 0.6 is 11.8 Å². The predicted octanol–water partition coefficient (Wildman–Crippen LogP) is 3.51. The van der Waals surface area contributed by atoms with Gasteiger partial charge in [0.1, 0.15) is 6.10 Å². The Morgan fingerprint density at radius 1 is 1.17 bits per heavy atom. The number of rotatable bonds is 3. The van der Waals surface area contributed by atoms with E-state index in [1.807, 2.05) is 18.2 Å². The first-order valence-electron chi connectivity index (χ1n) is 6.73. The summed E-state index contributed by atoms with van der Waals surface area (Å²) in [5.74, 6) is 1.49. The van der Waals surface area contributed by atoms with E-state index in [9.17, 15) is 4.79 Å². The monoisotopic (exact) mass is 262 g/mol. The Morgan fingerprint density at radius 3 is 2.78 bits per heavy atom. The summed E-state index contributed by atoms with van der Waals surface area (Å²) >= 11 is 1.78. The average Bonchev–Trinajstić information content (AvgIpc) is 2.73. The quantitative estimate of drug-likeness (QED) is 0.616. The molecular weight excluding hydrogens is 244 g/mol. The number of carbonyl (C=O) groups is 1. The topological polar surface area (TPSA) is 26.3 Å². The highest BCUT2D eigenvalue weighted by Gasteiger charge is 2.44. The molecule has 1 aromatic carbocycles. The van der Waals surface area contributed by atoms with Gasteiger partial charge in [0.15, 0.2) is 0 Å². The van der Waals surface area contributed by atoms with Crippen LogP contribution in [0.2, 0.25) is 0 Å². The Kier molecular flexibility index (Phi) is 3.59. The third kappa shape index (κ3) is 2.41. The van der Waals surface area contributed by atoms with Gasteiger partial charge in [0.2, 0.25) is 0 Å². The minimum Gasteiger partial charge on any atom is -0.462 e. The molecule has 2 fully saturated rings. The lowest BCUT2D eigenvalue weighted by Gasteiger charge is -2.25. The van der Waals surface area contributed by atoms with E-state index in [4.69, 9.17) is 4.74 Å². The molecule has 0 bridgehead atoms. The second kappa shape index (κ2) is 5.35. The van der Waals surface area contributed by atoms with Crippen LogP contribution in [0.15, 0.2) is 35.2 Å². The van der Waals surface area contributed by atoms with Gasteiger partial charge >= 0.3 is 5.97 Å². The van der Waals surface area contributed by atoms with E-state index in [0.29, 0.717) is 5.92 Å². The molecule has 0 N–H and O–H groups in total. The zero-order valence-electron chi connectivity index (χ0n) is 10.4. The van der Waals surface area contributed by atoms with E-state index in [1.165, 1.54) is 17.7 Å². The summed E-state index contributed by atoms with van der Waals surface area (Å²) in [4.78, 5) is 13.2. The minimum absolute atomic E-state index is 0.0373. The second-order valence-corrected chi connectivity index (χ2v) is 6.25. The first-order chi connectivity index (χ1) is 8.84. The number of thioether (sulfide) groups is 1. The van der Waals surface area contributed by atoms with Gasteiger partial charge in [-0.25, -0.2) is 0 Å². The Hall–Kier alpha value is -0.960. The van der Waals surface area contributed by atoms with Gasteiger partial charge in [-0.05, 0) is 31.4 Å². The minimum atomic E-state index is 0.0373. The van der Waals surface area contributed by atoms with Crippen LogP contribution in [0.3, 0.4) is 0 Å². The molecule has 0 aromatic heterocycles. The molecule has 0 amide bonds. The van der Waals surface area contributed by atoms with Gasteiger partial charge in [-0.3, -0.25) is 4.79 Å². The number of fused-ring (bicyclic) bond motifs is 1. The summed E-state index contributed by atoms with van der Waals surface area (Å²) in [5, 5.41) is 0. The van der Waals surface area contributed by atoms with Gasteiger partial charge in [-0.1, -0.05) is 24.6 Å². The van der Waals surface area contributed by atoms with E-state index in [-0.39, 0.29) is 18.0 Å². The average molecular weight is 262 g/mol. The molecule has 1 saturated heterocycles. The van der Waals surface area contributed by atoms with Gasteiger partial charge in [-0.2, -0.15) is 0 Å². The van der Waals surface area contributed by atoms with E-state index in [0.717, 1.165) is 18.6 Å². The summed E-state index contributed by atoms with van der Waals surface area (Å²) < 4.78 is 5.51. The predicted molar refractivity (Wildman–Crippen MR) is 72.5 cm³/mol. The number of benzene rings is 1. The molecule has 1 unspecified atom stereocenters. The smallest absolute Gasteiger partial charge is 0.310 e. The van der Waals surface area contributed by atoms with Gasteiger partial charge in [0.25, 0.3) is 0 Å². The Morgan fingerprint density at radius 2 is 1.94 bits per heavy atom. The number of ether oxygens (including phenoxy) is 1. The molecule has 1 heterocycles. The largest absolute Gasteiger partial charge is 0.462 e. The maximum Gasteiger partial charge on any atom is 0.310 e. The van der Waals surface area contributed by atoms with E-state index < -0.39 is 0 Å². The SMILES string of the molecule is O=C1O[C@H]2CCCC[C@@H]2C1CSc1ccccc1. The second-order valence-electron chi connectivity index (χ2n) is 5.15. The van der Waals surface area contributed by atoms with Crippen molar-refractivity contribution >= 4 is 17.7 Å². The first-order valence-corrected chi connectivity index (χ1v) is 7.71. The van der Waals surface area contributed by atoms with Gasteiger partial charge in [0, 0.05) is 16.6 Å². The maximum atomic E-state index is 11.9. The van der Waals surface area contributed by atoms with Crippen LogP contribution in [0, 0.1) is 11.8 Å². The molecule has 1 aliphatic carbocycles. The maximum absolute atomic E-state index is 11.9. The molecular formula is C15H18O2S. The van der Waals surface area contributed by atoms with Crippen molar-refractivity contribution < 1.29 is 9.53 Å². The number of hydrogen-bond acceptors (Lipinski definition) is 3. The highest BCUT2D eigenvalue weighted by atomic mass is 32.2. The highest BCUT2D eigenvalue weighted by molar-refractivity contribution is 7.99. The summed E-state index contributed by atoms with van der Waals surface area (Å²) in [6.07, 6.45) is 4.92. The van der Waals surface area contributed by atoms with Crippen LogP contribution in [0.25, 0.3) is 0 Å². The number of hydrogen-bond donors (Lipinski definition) is 0. The summed E-state index contributed by atoms with van der Waals surface area (Å²) in [6, 6.07) is 10.3. The van der Waals surface area contributed by atoms with E-state index in [2.05, 4.69) is 12.1 Å². The Bertz CT molecular complexity index is 418. The normalized spacial score (nSPS) is 30.9. The lowest BCUT2D eigenvalue weighted by molar-refractivity contribution is -0.144. The molecule has 96 valence electrons. The standard InChI is InChI=1S/C15H18O2S/c16-15-13(10-18-11-6-2-1-3-7-11)12-8-4-5-9-14(12)17-15/h1-3,6-7,12-14H,4-5,8-10H2/t12-,13?,14+/m1/s1. The molecule has 1 aromatic rings.